The first-order valence-electron chi connectivity index (χ1n) is 16.9. The third-order valence-corrected chi connectivity index (χ3v) is 10.0. The average Bonchev–Trinajstić information content (AvgIpc) is 3.11. The van der Waals surface area contributed by atoms with Gasteiger partial charge in [0.05, 0.1) is 23.4 Å². The Morgan fingerprint density at radius 3 is 2.02 bits per heavy atom. The highest BCUT2D eigenvalue weighted by atomic mass is 79.9. The second-order valence-electron chi connectivity index (χ2n) is 12.5. The first kappa shape index (κ1) is 32.6. The normalized spacial score (nSPS) is 19.5. The number of halogens is 1. The lowest BCUT2D eigenvalue weighted by molar-refractivity contribution is -0.122. The van der Waals surface area contributed by atoms with E-state index in [-0.39, 0.29) is 17.4 Å². The Morgan fingerprint density at radius 1 is 0.837 bits per heavy atom. The van der Waals surface area contributed by atoms with Crippen LogP contribution in [-0.2, 0) is 9.59 Å². The number of amides is 4. The fourth-order valence-electron chi connectivity index (χ4n) is 7.31. The molecule has 49 heavy (non-hydrogen) atoms. The molecule has 1 N–H and O–H groups in total. The van der Waals surface area contributed by atoms with Gasteiger partial charge in [0.25, 0.3) is 11.8 Å². The van der Waals surface area contributed by atoms with Crippen molar-refractivity contribution in [2.24, 2.45) is 0 Å². The Morgan fingerprint density at radius 2 is 1.45 bits per heavy atom. The quantitative estimate of drug-likeness (QED) is 0.139. The van der Waals surface area contributed by atoms with Crippen molar-refractivity contribution in [3.8, 4) is 11.5 Å². The number of urea groups is 1. The fraction of sp³-hybridized carbons (Fsp3) is 0.275. The van der Waals surface area contributed by atoms with Crippen LogP contribution in [0.5, 0.6) is 11.5 Å². The lowest BCUT2D eigenvalue weighted by Crippen LogP contribution is -2.54. The maximum Gasteiger partial charge on any atom is 0.335 e. The van der Waals surface area contributed by atoms with Crippen molar-refractivity contribution >= 4 is 51.2 Å². The predicted molar refractivity (Wildman–Crippen MR) is 195 cm³/mol. The van der Waals surface area contributed by atoms with Crippen LogP contribution in [0.2, 0.25) is 0 Å². The molecule has 4 aromatic rings. The molecule has 0 spiro atoms. The summed E-state index contributed by atoms with van der Waals surface area (Å²) in [5.41, 5.74) is 6.58. The van der Waals surface area contributed by atoms with Crippen LogP contribution in [-0.4, -0.2) is 44.1 Å². The molecule has 3 aliphatic heterocycles. The molecule has 0 bridgehead atoms. The topological polar surface area (TPSA) is 88.2 Å². The van der Waals surface area contributed by atoms with Crippen LogP contribution < -0.4 is 24.6 Å². The number of carbonyl (C=O) groups excluding carboxylic acids is 3. The van der Waals surface area contributed by atoms with Gasteiger partial charge in [0.15, 0.2) is 11.5 Å². The van der Waals surface area contributed by atoms with Crippen molar-refractivity contribution in [1.82, 2.24) is 5.32 Å². The molecule has 2 atom stereocenters. The standard InChI is InChI=1S/C40H38BrN3O5/c1-3-19-49-37-34(41)21-25(22-35(37)48-4-2)20-33-38(45)42-40(47)44(39(33)46)28-23-31-29(26-11-7-5-8-12-26)15-17-43-18-16-30(32(24-28)36(31)43)27-13-9-6-10-14-27/h5-14,20-24,29-30H,3-4,15-19H2,1-2H3,(H,42,45,47)/b33-20+/t29-,30-/m0/s1. The summed E-state index contributed by atoms with van der Waals surface area (Å²) in [7, 11) is 0. The number of hydrogen-bond donors (Lipinski definition) is 1. The minimum Gasteiger partial charge on any atom is -0.490 e. The van der Waals surface area contributed by atoms with E-state index in [1.165, 1.54) is 22.9 Å². The second-order valence-corrected chi connectivity index (χ2v) is 13.4. The third-order valence-electron chi connectivity index (χ3n) is 9.45. The lowest BCUT2D eigenvalue weighted by atomic mass is 9.76. The zero-order valence-corrected chi connectivity index (χ0v) is 29.2. The smallest absolute Gasteiger partial charge is 0.335 e. The first-order chi connectivity index (χ1) is 23.9. The predicted octanol–water partition coefficient (Wildman–Crippen LogP) is 8.18. The number of nitrogens with one attached hydrogen (secondary N) is 1. The van der Waals surface area contributed by atoms with Crippen LogP contribution in [0.1, 0.15) is 72.8 Å². The van der Waals surface area contributed by atoms with Gasteiger partial charge in [-0.2, -0.15) is 0 Å². The highest BCUT2D eigenvalue weighted by Crippen LogP contribution is 2.50. The van der Waals surface area contributed by atoms with E-state index in [4.69, 9.17) is 9.47 Å². The van der Waals surface area contributed by atoms with Gasteiger partial charge in [-0.3, -0.25) is 14.9 Å². The van der Waals surface area contributed by atoms with Gasteiger partial charge in [-0.05, 0) is 100 Å². The molecule has 0 aliphatic carbocycles. The molecule has 9 heteroatoms. The molecule has 3 aliphatic rings. The molecule has 4 amide bonds. The van der Waals surface area contributed by atoms with E-state index < -0.39 is 17.8 Å². The molecular weight excluding hydrogens is 682 g/mol. The molecule has 7 rings (SSSR count). The van der Waals surface area contributed by atoms with Crippen LogP contribution in [0, 0.1) is 0 Å². The Kier molecular flexibility index (Phi) is 9.27. The molecule has 0 radical (unpaired) electrons. The van der Waals surface area contributed by atoms with Gasteiger partial charge in [-0.15, -0.1) is 0 Å². The number of nitrogens with zero attached hydrogens (tertiary/aromatic N) is 2. The number of benzene rings is 4. The SMILES string of the molecule is CCCOc1c(Br)cc(/C=C2\C(=O)NC(=O)N(c3cc4c5c(c3)[C@H](c3ccccc3)CCN5CC[C@H]4c3ccccc3)C2=O)cc1OCC. The summed E-state index contributed by atoms with van der Waals surface area (Å²) >= 11 is 3.57. The van der Waals surface area contributed by atoms with Crippen LogP contribution in [0.15, 0.2) is 95.0 Å². The molecule has 250 valence electrons. The summed E-state index contributed by atoms with van der Waals surface area (Å²) in [5, 5.41) is 2.43. The van der Waals surface area contributed by atoms with E-state index in [0.29, 0.717) is 40.4 Å². The number of anilines is 2. The summed E-state index contributed by atoms with van der Waals surface area (Å²) in [6.07, 6.45) is 4.14. The summed E-state index contributed by atoms with van der Waals surface area (Å²) in [5.74, 6) is -0.212. The van der Waals surface area contributed by atoms with Crippen LogP contribution in [0.3, 0.4) is 0 Å². The number of imide groups is 2. The summed E-state index contributed by atoms with van der Waals surface area (Å²) in [6.45, 7) is 6.65. The largest absolute Gasteiger partial charge is 0.490 e. The molecule has 1 fully saturated rings. The molecule has 8 nitrogen and oxygen atoms in total. The lowest BCUT2D eigenvalue weighted by Gasteiger charge is -2.44. The Bertz CT molecular complexity index is 1870. The minimum absolute atomic E-state index is 0.0862. The van der Waals surface area contributed by atoms with Crippen molar-refractivity contribution in [2.75, 3.05) is 36.1 Å². The third kappa shape index (κ3) is 6.23. The van der Waals surface area contributed by atoms with E-state index in [1.54, 1.807) is 12.1 Å². The second kappa shape index (κ2) is 13.9. The van der Waals surface area contributed by atoms with Crippen molar-refractivity contribution < 1.29 is 23.9 Å². The molecular formula is C40H38BrN3O5. The van der Waals surface area contributed by atoms with E-state index in [2.05, 4.69) is 50.4 Å². The van der Waals surface area contributed by atoms with E-state index in [1.807, 2.05) is 62.4 Å². The number of barbiturate groups is 1. The van der Waals surface area contributed by atoms with E-state index >= 15 is 0 Å². The first-order valence-corrected chi connectivity index (χ1v) is 17.7. The molecule has 0 aromatic heterocycles. The van der Waals surface area contributed by atoms with Crippen molar-refractivity contribution in [1.29, 1.82) is 0 Å². The van der Waals surface area contributed by atoms with Gasteiger partial charge in [-0.1, -0.05) is 67.6 Å². The summed E-state index contributed by atoms with van der Waals surface area (Å²) in [4.78, 5) is 44.7. The molecule has 0 unspecified atom stereocenters. The van der Waals surface area contributed by atoms with Gasteiger partial charge in [0, 0.05) is 30.6 Å². The number of hydrogen-bond acceptors (Lipinski definition) is 6. The molecule has 3 heterocycles. The van der Waals surface area contributed by atoms with Crippen molar-refractivity contribution in [2.45, 2.75) is 44.9 Å². The number of ether oxygens (including phenoxy) is 2. The number of rotatable bonds is 9. The van der Waals surface area contributed by atoms with Gasteiger partial charge in [0.1, 0.15) is 5.57 Å². The molecule has 4 aromatic carbocycles. The monoisotopic (exact) mass is 719 g/mol. The van der Waals surface area contributed by atoms with Crippen LogP contribution in [0.25, 0.3) is 6.08 Å². The summed E-state index contributed by atoms with van der Waals surface area (Å²) in [6, 6.07) is 27.5. The summed E-state index contributed by atoms with van der Waals surface area (Å²) < 4.78 is 12.4. The van der Waals surface area contributed by atoms with Crippen molar-refractivity contribution in [3.63, 3.8) is 0 Å². The highest BCUT2D eigenvalue weighted by Gasteiger charge is 2.40. The van der Waals surface area contributed by atoms with Gasteiger partial charge in [-0.25, -0.2) is 9.69 Å². The maximum absolute atomic E-state index is 14.3. The van der Waals surface area contributed by atoms with Gasteiger partial charge in [0.2, 0.25) is 0 Å². The molecule has 0 saturated carbocycles. The Labute approximate surface area is 294 Å². The van der Waals surface area contributed by atoms with E-state index in [0.717, 1.165) is 48.4 Å². The van der Waals surface area contributed by atoms with Crippen LogP contribution in [0.4, 0.5) is 16.2 Å². The Hall–Kier alpha value is -4.89. The average molecular weight is 721 g/mol. The van der Waals surface area contributed by atoms with Gasteiger partial charge >= 0.3 is 6.03 Å². The zero-order valence-electron chi connectivity index (χ0n) is 27.6. The van der Waals surface area contributed by atoms with Crippen molar-refractivity contribution in [3.05, 3.63) is 123 Å². The number of carbonyl (C=O) groups is 3. The minimum atomic E-state index is -0.769. The highest BCUT2D eigenvalue weighted by molar-refractivity contribution is 9.10. The fourth-order valence-corrected chi connectivity index (χ4v) is 7.88. The Balaban J connectivity index is 1.34. The van der Waals surface area contributed by atoms with Crippen LogP contribution >= 0.6 is 15.9 Å². The maximum atomic E-state index is 14.3. The van der Waals surface area contributed by atoms with E-state index in [9.17, 15) is 14.4 Å². The van der Waals surface area contributed by atoms with Gasteiger partial charge < -0.3 is 14.4 Å². The molecule has 1 saturated heterocycles. The zero-order chi connectivity index (χ0) is 34.1.